The summed E-state index contributed by atoms with van der Waals surface area (Å²) in [5.41, 5.74) is 0.713. The monoisotopic (exact) mass is 266 g/mol. The van der Waals surface area contributed by atoms with Crippen LogP contribution in [0, 0.1) is 5.82 Å². The van der Waals surface area contributed by atoms with Crippen LogP contribution < -0.4 is 0 Å². The molecule has 1 heterocycles. The minimum Gasteiger partial charge on any atom is -0.270 e. The third-order valence-electron chi connectivity index (χ3n) is 2.55. The van der Waals surface area contributed by atoms with Crippen molar-refractivity contribution in [3.8, 4) is 0 Å². The van der Waals surface area contributed by atoms with Crippen molar-refractivity contribution in [3.05, 3.63) is 48.0 Å². The van der Waals surface area contributed by atoms with Crippen molar-refractivity contribution in [3.63, 3.8) is 0 Å². The van der Waals surface area contributed by atoms with Crippen molar-refractivity contribution in [2.45, 2.75) is 30.5 Å². The maximum absolute atomic E-state index is 13.5. The van der Waals surface area contributed by atoms with Crippen LogP contribution in [0.1, 0.15) is 25.6 Å². The summed E-state index contributed by atoms with van der Waals surface area (Å²) >= 11 is 0. The lowest BCUT2D eigenvalue weighted by atomic mass is 10.3. The molecule has 1 aromatic heterocycles. The summed E-state index contributed by atoms with van der Waals surface area (Å²) in [6.07, 6.45) is 1.85. The minimum atomic E-state index is -1.40. The van der Waals surface area contributed by atoms with Gasteiger partial charge in [-0.25, -0.2) is 4.39 Å². The van der Waals surface area contributed by atoms with Crippen LogP contribution in [0.2, 0.25) is 0 Å². The summed E-state index contributed by atoms with van der Waals surface area (Å²) in [6, 6.07) is 8.22. The zero-order valence-corrected chi connectivity index (χ0v) is 11.2. The number of halogens is 1. The zero-order chi connectivity index (χ0) is 13.1. The molecular formula is C13H15FN2OS. The number of nitrogens with zero attached hydrogens (tertiary/aromatic N) is 2. The van der Waals surface area contributed by atoms with E-state index < -0.39 is 16.6 Å². The van der Waals surface area contributed by atoms with Gasteiger partial charge in [0.1, 0.15) is 5.82 Å². The predicted molar refractivity (Wildman–Crippen MR) is 69.1 cm³/mol. The van der Waals surface area contributed by atoms with Gasteiger partial charge in [0.15, 0.2) is 0 Å². The predicted octanol–water partition coefficient (Wildman–Crippen LogP) is 2.91. The summed E-state index contributed by atoms with van der Waals surface area (Å²) in [7, 11) is -1.40. The van der Waals surface area contributed by atoms with Gasteiger partial charge in [0.2, 0.25) is 0 Å². The highest BCUT2D eigenvalue weighted by molar-refractivity contribution is 7.84. The summed E-state index contributed by atoms with van der Waals surface area (Å²) in [5.74, 6) is -0.195. The molecule has 2 aromatic rings. The first-order chi connectivity index (χ1) is 8.58. The Morgan fingerprint density at radius 1 is 1.33 bits per heavy atom. The van der Waals surface area contributed by atoms with Crippen molar-refractivity contribution in [2.75, 3.05) is 0 Å². The lowest BCUT2D eigenvalue weighted by Crippen LogP contribution is -2.04. The van der Waals surface area contributed by atoms with Crippen LogP contribution in [0.3, 0.4) is 0 Å². The third-order valence-corrected chi connectivity index (χ3v) is 3.93. The van der Waals surface area contributed by atoms with Gasteiger partial charge in [-0.05, 0) is 32.0 Å². The van der Waals surface area contributed by atoms with Gasteiger partial charge in [0.25, 0.3) is 0 Å². The second-order valence-corrected chi connectivity index (χ2v) is 5.72. The van der Waals surface area contributed by atoms with Crippen LogP contribution in [0.5, 0.6) is 0 Å². The van der Waals surface area contributed by atoms with Gasteiger partial charge in [-0.3, -0.25) is 8.89 Å². The van der Waals surface area contributed by atoms with Crippen LogP contribution >= 0.6 is 0 Å². The first-order valence-electron chi connectivity index (χ1n) is 5.75. The summed E-state index contributed by atoms with van der Waals surface area (Å²) in [5, 5.41) is 4.31. The maximum atomic E-state index is 13.5. The van der Waals surface area contributed by atoms with Crippen LogP contribution in [-0.2, 0) is 16.6 Å². The Morgan fingerprint density at radius 2 is 2.06 bits per heavy atom. The molecule has 0 spiro atoms. The smallest absolute Gasteiger partial charge is 0.139 e. The van der Waals surface area contributed by atoms with Crippen LogP contribution in [0.25, 0.3) is 0 Å². The SMILES string of the molecule is CC(C)n1ccc(CS(=O)c2ccccc2F)n1. The van der Waals surface area contributed by atoms with Crippen molar-refractivity contribution in [1.82, 2.24) is 9.78 Å². The van der Waals surface area contributed by atoms with Gasteiger partial charge in [0, 0.05) is 12.2 Å². The van der Waals surface area contributed by atoms with E-state index in [1.165, 1.54) is 6.07 Å². The Hall–Kier alpha value is -1.49. The fourth-order valence-electron chi connectivity index (χ4n) is 1.58. The molecule has 0 saturated carbocycles. The average Bonchev–Trinajstić information content (AvgIpc) is 2.78. The summed E-state index contributed by atoms with van der Waals surface area (Å²) in [4.78, 5) is 0.233. The molecule has 0 N–H and O–H groups in total. The van der Waals surface area contributed by atoms with E-state index in [9.17, 15) is 8.60 Å². The Balaban J connectivity index is 2.14. The first-order valence-corrected chi connectivity index (χ1v) is 7.06. The third kappa shape index (κ3) is 2.85. The summed E-state index contributed by atoms with van der Waals surface area (Å²) in [6.45, 7) is 4.04. The number of rotatable bonds is 4. The van der Waals surface area contributed by atoms with Crippen LogP contribution in [0.4, 0.5) is 4.39 Å². The molecule has 1 unspecified atom stereocenters. The van der Waals surface area contributed by atoms with Crippen molar-refractivity contribution >= 4 is 10.8 Å². The van der Waals surface area contributed by atoms with Crippen molar-refractivity contribution in [2.24, 2.45) is 0 Å². The van der Waals surface area contributed by atoms with E-state index in [4.69, 9.17) is 0 Å². The van der Waals surface area contributed by atoms with Gasteiger partial charge in [-0.15, -0.1) is 0 Å². The molecular weight excluding hydrogens is 251 g/mol. The van der Waals surface area contributed by atoms with Crippen molar-refractivity contribution in [1.29, 1.82) is 0 Å². The topological polar surface area (TPSA) is 34.9 Å². The highest BCUT2D eigenvalue weighted by atomic mass is 32.2. The van der Waals surface area contributed by atoms with E-state index in [0.717, 1.165) is 0 Å². The van der Waals surface area contributed by atoms with E-state index in [1.54, 1.807) is 22.9 Å². The average molecular weight is 266 g/mol. The molecule has 0 amide bonds. The lowest BCUT2D eigenvalue weighted by Gasteiger charge is -2.04. The van der Waals surface area contributed by atoms with Gasteiger partial charge in [-0.1, -0.05) is 12.1 Å². The molecule has 3 nitrogen and oxygen atoms in total. The number of hydrogen-bond acceptors (Lipinski definition) is 2. The standard InChI is InChI=1S/C13H15FN2OS/c1-10(2)16-8-7-11(15-16)9-18(17)13-6-4-3-5-12(13)14/h3-8,10H,9H2,1-2H3. The van der Waals surface area contributed by atoms with Gasteiger partial charge < -0.3 is 0 Å². The van der Waals surface area contributed by atoms with E-state index in [2.05, 4.69) is 5.10 Å². The van der Waals surface area contributed by atoms with E-state index >= 15 is 0 Å². The van der Waals surface area contributed by atoms with Gasteiger partial charge >= 0.3 is 0 Å². The molecule has 0 saturated heterocycles. The molecule has 2 rings (SSSR count). The van der Waals surface area contributed by atoms with Crippen molar-refractivity contribution < 1.29 is 8.60 Å². The molecule has 96 valence electrons. The van der Waals surface area contributed by atoms with Crippen LogP contribution in [-0.4, -0.2) is 14.0 Å². The molecule has 0 aliphatic carbocycles. The Kier molecular flexibility index (Phi) is 3.91. The summed E-state index contributed by atoms with van der Waals surface area (Å²) < 4.78 is 27.3. The minimum absolute atomic E-state index is 0.233. The molecule has 0 fully saturated rings. The van der Waals surface area contributed by atoms with Crippen LogP contribution in [0.15, 0.2) is 41.4 Å². The maximum Gasteiger partial charge on any atom is 0.139 e. The fourth-order valence-corrected chi connectivity index (χ4v) is 2.68. The lowest BCUT2D eigenvalue weighted by molar-refractivity contribution is 0.528. The number of hydrogen-bond donors (Lipinski definition) is 0. The van der Waals surface area contributed by atoms with E-state index in [1.807, 2.05) is 26.1 Å². The zero-order valence-electron chi connectivity index (χ0n) is 10.3. The van der Waals surface area contributed by atoms with Gasteiger partial charge in [0.05, 0.1) is 27.1 Å². The van der Waals surface area contributed by atoms with Gasteiger partial charge in [-0.2, -0.15) is 5.10 Å². The Bertz CT molecular complexity index is 566. The number of aromatic nitrogens is 2. The quantitative estimate of drug-likeness (QED) is 0.853. The highest BCUT2D eigenvalue weighted by Crippen LogP contribution is 2.15. The fraction of sp³-hybridized carbons (Fsp3) is 0.308. The highest BCUT2D eigenvalue weighted by Gasteiger charge is 2.12. The molecule has 1 aromatic carbocycles. The normalized spacial score (nSPS) is 12.9. The molecule has 1 atom stereocenters. The molecule has 0 radical (unpaired) electrons. The molecule has 18 heavy (non-hydrogen) atoms. The van der Waals surface area contributed by atoms with E-state index in [-0.39, 0.29) is 16.7 Å². The van der Waals surface area contributed by atoms with E-state index in [0.29, 0.717) is 5.69 Å². The Morgan fingerprint density at radius 3 is 2.67 bits per heavy atom. The largest absolute Gasteiger partial charge is 0.270 e. The molecule has 0 aliphatic rings. The second-order valence-electron chi connectivity index (χ2n) is 4.30. The molecule has 0 bridgehead atoms. The molecule has 0 aliphatic heterocycles. The Labute approximate surface area is 108 Å². The number of benzene rings is 1. The first kappa shape index (κ1) is 13.0. The molecule has 5 heteroatoms. The second kappa shape index (κ2) is 5.44.